The predicted octanol–water partition coefficient (Wildman–Crippen LogP) is 3.15. The van der Waals surface area contributed by atoms with Crippen LogP contribution in [0.1, 0.15) is 16.1 Å². The van der Waals surface area contributed by atoms with E-state index in [1.807, 2.05) is 0 Å². The van der Waals surface area contributed by atoms with Crippen LogP contribution in [0.2, 0.25) is 0 Å². The van der Waals surface area contributed by atoms with Crippen LogP contribution in [0.5, 0.6) is 0 Å². The van der Waals surface area contributed by atoms with Crippen molar-refractivity contribution in [3.05, 3.63) is 84.1 Å². The maximum Gasteiger partial charge on any atom is 0.258 e. The molecule has 0 atom stereocenters. The van der Waals surface area contributed by atoms with Gasteiger partial charge < -0.3 is 9.73 Å². The molecular weight excluding hydrogens is 359 g/mol. The Balaban J connectivity index is 1.75. The summed E-state index contributed by atoms with van der Waals surface area (Å²) in [5, 5.41) is 2.49. The Labute approximate surface area is 149 Å². The first kappa shape index (κ1) is 17.8. The number of benzene rings is 2. The number of hydrogen-bond acceptors (Lipinski definition) is 4. The van der Waals surface area contributed by atoms with E-state index in [9.17, 15) is 17.6 Å². The fourth-order valence-electron chi connectivity index (χ4n) is 2.25. The fraction of sp³-hybridized carbons (Fsp3) is 0.0556. The van der Waals surface area contributed by atoms with Gasteiger partial charge in [-0.05, 0) is 42.5 Å². The van der Waals surface area contributed by atoms with Gasteiger partial charge in [-0.25, -0.2) is 17.5 Å². The molecule has 0 bridgehead atoms. The van der Waals surface area contributed by atoms with Gasteiger partial charge in [-0.3, -0.25) is 4.79 Å². The van der Waals surface area contributed by atoms with Crippen LogP contribution in [0.25, 0.3) is 0 Å². The first-order valence-corrected chi connectivity index (χ1v) is 9.12. The molecule has 6 nitrogen and oxygen atoms in total. The third-order valence-corrected chi connectivity index (χ3v) is 4.94. The highest BCUT2D eigenvalue weighted by Gasteiger charge is 2.16. The Hall–Kier alpha value is -2.97. The SMILES string of the molecule is O=C(Nc1cccc(S(=O)(=O)NCc2ccco2)c1)c1ccccc1F. The lowest BCUT2D eigenvalue weighted by molar-refractivity contribution is 0.102. The van der Waals surface area contributed by atoms with E-state index in [2.05, 4.69) is 10.0 Å². The number of anilines is 1. The lowest BCUT2D eigenvalue weighted by atomic mass is 10.2. The molecule has 1 heterocycles. The van der Waals surface area contributed by atoms with Crippen molar-refractivity contribution in [2.75, 3.05) is 5.32 Å². The number of halogens is 1. The minimum absolute atomic E-state index is 0.00114. The molecule has 1 amide bonds. The average molecular weight is 374 g/mol. The number of carbonyl (C=O) groups excluding carboxylic acids is 1. The van der Waals surface area contributed by atoms with E-state index < -0.39 is 21.7 Å². The van der Waals surface area contributed by atoms with Gasteiger partial charge in [0.25, 0.3) is 5.91 Å². The summed E-state index contributed by atoms with van der Waals surface area (Å²) in [5.74, 6) is -0.854. The van der Waals surface area contributed by atoms with E-state index in [1.165, 1.54) is 54.8 Å². The van der Waals surface area contributed by atoms with Gasteiger partial charge >= 0.3 is 0 Å². The predicted molar refractivity (Wildman–Crippen MR) is 93.5 cm³/mol. The standard InChI is InChI=1S/C18H15FN2O4S/c19-17-9-2-1-8-16(17)18(22)21-13-5-3-7-15(11-13)26(23,24)20-12-14-6-4-10-25-14/h1-11,20H,12H2,(H,21,22). The summed E-state index contributed by atoms with van der Waals surface area (Å²) >= 11 is 0. The van der Waals surface area contributed by atoms with Crippen molar-refractivity contribution in [1.82, 2.24) is 4.72 Å². The molecule has 0 aliphatic rings. The topological polar surface area (TPSA) is 88.4 Å². The zero-order valence-electron chi connectivity index (χ0n) is 13.5. The molecule has 134 valence electrons. The molecule has 0 saturated carbocycles. The third kappa shape index (κ3) is 4.16. The molecule has 26 heavy (non-hydrogen) atoms. The summed E-state index contributed by atoms with van der Waals surface area (Å²) in [4.78, 5) is 12.1. The molecule has 0 unspecified atom stereocenters. The molecule has 2 aromatic carbocycles. The van der Waals surface area contributed by atoms with Crippen molar-refractivity contribution in [2.24, 2.45) is 0 Å². The number of hydrogen-bond donors (Lipinski definition) is 2. The minimum atomic E-state index is -3.80. The van der Waals surface area contributed by atoms with Crippen LogP contribution in [0, 0.1) is 5.82 Å². The van der Waals surface area contributed by atoms with Crippen molar-refractivity contribution in [3.8, 4) is 0 Å². The van der Waals surface area contributed by atoms with Gasteiger partial charge in [0, 0.05) is 5.69 Å². The number of nitrogens with one attached hydrogen (secondary N) is 2. The van der Waals surface area contributed by atoms with Crippen LogP contribution in [-0.2, 0) is 16.6 Å². The molecule has 0 aliphatic heterocycles. The molecule has 0 spiro atoms. The summed E-state index contributed by atoms with van der Waals surface area (Å²) < 4.78 is 45.9. The molecule has 0 saturated heterocycles. The normalized spacial score (nSPS) is 11.3. The van der Waals surface area contributed by atoms with E-state index in [1.54, 1.807) is 12.1 Å². The maximum absolute atomic E-state index is 13.7. The Morgan fingerprint density at radius 1 is 1.04 bits per heavy atom. The molecular formula is C18H15FN2O4S. The number of rotatable bonds is 6. The first-order chi connectivity index (χ1) is 12.5. The van der Waals surface area contributed by atoms with E-state index in [4.69, 9.17) is 4.42 Å². The minimum Gasteiger partial charge on any atom is -0.468 e. The van der Waals surface area contributed by atoms with Crippen LogP contribution in [-0.4, -0.2) is 14.3 Å². The molecule has 0 fully saturated rings. The van der Waals surface area contributed by atoms with Crippen LogP contribution in [0.4, 0.5) is 10.1 Å². The fourth-order valence-corrected chi connectivity index (χ4v) is 3.29. The first-order valence-electron chi connectivity index (χ1n) is 7.64. The van der Waals surface area contributed by atoms with Crippen molar-refractivity contribution in [3.63, 3.8) is 0 Å². The summed E-state index contributed by atoms with van der Waals surface area (Å²) in [5.41, 5.74) is 0.107. The molecule has 2 N–H and O–H groups in total. The number of furan rings is 1. The summed E-state index contributed by atoms with van der Waals surface area (Å²) in [7, 11) is -3.80. The molecule has 3 rings (SSSR count). The quantitative estimate of drug-likeness (QED) is 0.694. The van der Waals surface area contributed by atoms with Crippen molar-refractivity contribution in [1.29, 1.82) is 0 Å². The summed E-state index contributed by atoms with van der Waals surface area (Å²) in [6, 6.07) is 14.5. The second-order valence-electron chi connectivity index (χ2n) is 5.37. The van der Waals surface area contributed by atoms with Gasteiger partial charge in [0.2, 0.25) is 10.0 Å². The largest absolute Gasteiger partial charge is 0.468 e. The second-order valence-corrected chi connectivity index (χ2v) is 7.13. The third-order valence-electron chi connectivity index (χ3n) is 3.54. The second kappa shape index (κ2) is 7.51. The zero-order chi connectivity index (χ0) is 18.6. The van der Waals surface area contributed by atoms with Gasteiger partial charge in [0.1, 0.15) is 11.6 Å². The van der Waals surface area contributed by atoms with Crippen molar-refractivity contribution in [2.45, 2.75) is 11.4 Å². The van der Waals surface area contributed by atoms with Gasteiger partial charge in [0.15, 0.2) is 0 Å². The van der Waals surface area contributed by atoms with E-state index >= 15 is 0 Å². The number of amides is 1. The van der Waals surface area contributed by atoms with Crippen LogP contribution < -0.4 is 10.0 Å². The summed E-state index contributed by atoms with van der Waals surface area (Å²) in [6.07, 6.45) is 1.45. The highest BCUT2D eigenvalue weighted by atomic mass is 32.2. The molecule has 8 heteroatoms. The highest BCUT2D eigenvalue weighted by molar-refractivity contribution is 7.89. The Morgan fingerprint density at radius 2 is 1.85 bits per heavy atom. The van der Waals surface area contributed by atoms with Gasteiger partial charge in [0.05, 0.1) is 23.3 Å². The Bertz CT molecular complexity index is 1020. The molecule has 0 aliphatic carbocycles. The van der Waals surface area contributed by atoms with Crippen LogP contribution in [0.3, 0.4) is 0 Å². The molecule has 0 radical (unpaired) electrons. The number of carbonyl (C=O) groups is 1. The monoisotopic (exact) mass is 374 g/mol. The zero-order valence-corrected chi connectivity index (χ0v) is 14.3. The Morgan fingerprint density at radius 3 is 2.58 bits per heavy atom. The maximum atomic E-state index is 13.7. The lowest BCUT2D eigenvalue weighted by Crippen LogP contribution is -2.23. The summed E-state index contributed by atoms with van der Waals surface area (Å²) in [6.45, 7) is 0.00114. The number of sulfonamides is 1. The van der Waals surface area contributed by atoms with E-state index in [0.717, 1.165) is 0 Å². The van der Waals surface area contributed by atoms with Crippen molar-refractivity contribution < 1.29 is 22.0 Å². The van der Waals surface area contributed by atoms with E-state index in [0.29, 0.717) is 5.76 Å². The van der Waals surface area contributed by atoms with Crippen LogP contribution >= 0.6 is 0 Å². The van der Waals surface area contributed by atoms with Crippen molar-refractivity contribution >= 4 is 21.6 Å². The average Bonchev–Trinajstić information content (AvgIpc) is 3.14. The smallest absolute Gasteiger partial charge is 0.258 e. The lowest BCUT2D eigenvalue weighted by Gasteiger charge is -2.09. The van der Waals surface area contributed by atoms with Gasteiger partial charge in [-0.1, -0.05) is 18.2 Å². The molecule has 1 aromatic heterocycles. The molecule has 3 aromatic rings. The Kier molecular flexibility index (Phi) is 5.15. The van der Waals surface area contributed by atoms with Gasteiger partial charge in [-0.15, -0.1) is 0 Å². The van der Waals surface area contributed by atoms with Gasteiger partial charge in [-0.2, -0.15) is 0 Å². The highest BCUT2D eigenvalue weighted by Crippen LogP contribution is 2.17. The van der Waals surface area contributed by atoms with Crippen LogP contribution in [0.15, 0.2) is 76.2 Å². The van der Waals surface area contributed by atoms with E-state index in [-0.39, 0.29) is 22.7 Å².